The molecule has 0 rings (SSSR count). The van der Waals surface area contributed by atoms with Crippen molar-refractivity contribution in [2.75, 3.05) is 0 Å². The molecular weight excluding hydrogens is 528 g/mol. The molecule has 0 aliphatic rings. The Balaban J connectivity index is -0.000000174. The monoisotopic (exact) mass is 542 g/mol. The fourth-order valence-electron chi connectivity index (χ4n) is 0.773. The van der Waals surface area contributed by atoms with Crippen molar-refractivity contribution in [1.29, 1.82) is 0 Å². The van der Waals surface area contributed by atoms with Gasteiger partial charge in [0.1, 0.15) is 36.6 Å². The summed E-state index contributed by atoms with van der Waals surface area (Å²) in [6.45, 7) is 0. The van der Waals surface area contributed by atoms with E-state index in [1.807, 2.05) is 0 Å². The maximum atomic E-state index is 9.63. The predicted octanol–water partition coefficient (Wildman–Crippen LogP) is -14.4. The van der Waals surface area contributed by atoms with Gasteiger partial charge in [-0.2, -0.15) is 0 Å². The summed E-state index contributed by atoms with van der Waals surface area (Å²) in [7, 11) is 0. The average molecular weight is 540 g/mol. The van der Waals surface area contributed by atoms with E-state index in [2.05, 4.69) is 0 Å². The second-order valence-electron chi connectivity index (χ2n) is 4.58. The Morgan fingerprint density at radius 3 is 0.452 bits per heavy atom. The first kappa shape index (κ1) is 35.7. The summed E-state index contributed by atoms with van der Waals surface area (Å²) in [5.41, 5.74) is 0. The van der Waals surface area contributed by atoms with Crippen molar-refractivity contribution in [3.8, 4) is 0 Å². The molecule has 6 N–H and O–H groups in total. The van der Waals surface area contributed by atoms with Crippen molar-refractivity contribution in [3.63, 3.8) is 0 Å². The van der Waals surface area contributed by atoms with Crippen molar-refractivity contribution in [1.82, 2.24) is 0 Å². The smallest absolute Gasteiger partial charge is 0.124 e. The number of carboxylic acids is 6. The Morgan fingerprint density at radius 2 is 0.419 bits per heavy atom. The number of aliphatic hydroxyl groups is 6. The fourth-order valence-corrected chi connectivity index (χ4v) is 0.773. The van der Waals surface area contributed by atoms with Gasteiger partial charge in [-0.1, -0.05) is 0 Å². The van der Waals surface area contributed by atoms with Crippen LogP contribution < -0.4 is 30.6 Å². The summed E-state index contributed by atoms with van der Waals surface area (Å²) in [4.78, 5) is 57.8. The molecule has 0 fully saturated rings. The summed E-state index contributed by atoms with van der Waals surface area (Å²) >= 11 is 0. The third-order valence-corrected chi connectivity index (χ3v) is 2.35. The molecule has 19 heteroatoms. The minimum Gasteiger partial charge on any atom is -0.547 e. The third-order valence-electron chi connectivity index (χ3n) is 2.35. The van der Waals surface area contributed by atoms with Crippen LogP contribution in [0.2, 0.25) is 0 Å². The summed E-state index contributed by atoms with van der Waals surface area (Å²) in [5, 5.41) is 107. The normalized spacial score (nSPS) is 15.3. The molecule has 0 aliphatic heterocycles. The van der Waals surface area contributed by atoms with Crippen molar-refractivity contribution in [3.05, 3.63) is 0 Å². The second-order valence-corrected chi connectivity index (χ2v) is 4.58. The van der Waals surface area contributed by atoms with Crippen molar-refractivity contribution < 1.29 is 111 Å². The second kappa shape index (κ2) is 17.0. The Bertz CT molecular complexity index is 493. The first-order chi connectivity index (χ1) is 13.4. The maximum Gasteiger partial charge on any atom is 0.124 e. The number of aliphatic carboxylic acids is 6. The molecule has 0 spiro atoms. The molecule has 0 heterocycles. The maximum absolute atomic E-state index is 9.63. The van der Waals surface area contributed by atoms with Gasteiger partial charge < -0.3 is 90.0 Å². The molecule has 0 bridgehead atoms. The minimum absolute atomic E-state index is 0. The van der Waals surface area contributed by atoms with Gasteiger partial charge in [-0.15, -0.1) is 0 Å². The summed E-state index contributed by atoms with van der Waals surface area (Å²) < 4.78 is 0. The van der Waals surface area contributed by atoms with Crippen LogP contribution in [0.5, 0.6) is 0 Å². The molecule has 18 nitrogen and oxygen atoms in total. The van der Waals surface area contributed by atoms with Crippen LogP contribution in [0, 0.1) is 0 Å². The van der Waals surface area contributed by atoms with Gasteiger partial charge in [0.25, 0.3) is 0 Å². The van der Waals surface area contributed by atoms with E-state index in [-0.39, 0.29) is 21.1 Å². The van der Waals surface area contributed by atoms with Crippen LogP contribution in [-0.4, -0.2) is 103 Å². The third kappa shape index (κ3) is 15.7. The van der Waals surface area contributed by atoms with Gasteiger partial charge in [0.2, 0.25) is 0 Å². The number of carboxylic acid groups (broad SMARTS) is 6. The Morgan fingerprint density at radius 1 is 0.355 bits per heavy atom. The topological polar surface area (TPSA) is 362 Å². The summed E-state index contributed by atoms with van der Waals surface area (Å²) in [5.74, 6) is -12.4. The van der Waals surface area contributed by atoms with Crippen molar-refractivity contribution >= 4 is 35.8 Å². The summed E-state index contributed by atoms with van der Waals surface area (Å²) in [6.07, 6.45) is -14.6. The zero-order valence-electron chi connectivity index (χ0n) is 14.5. The zero-order chi connectivity index (χ0) is 24.9. The molecule has 6 unspecified atom stereocenters. The number of hydrogen-bond donors (Lipinski definition) is 6. The van der Waals surface area contributed by atoms with Gasteiger partial charge in [-0.05, 0) is 0 Å². The van der Waals surface area contributed by atoms with Crippen molar-refractivity contribution in [2.45, 2.75) is 36.6 Å². The Labute approximate surface area is 184 Å². The Kier molecular flexibility index (Phi) is 19.6. The number of rotatable bonds is 9. The SMILES string of the molecule is O=C([O-])C(O)C(O)C(=O)[O-].O=C([O-])C(O)C(O)C(=O)[O-].O=C([O-])C(O)C(O)C(=O)[O-].[Mo]. The number of carbonyl (C=O) groups excluding carboxylic acids is 6. The van der Waals surface area contributed by atoms with E-state index >= 15 is 0 Å². The van der Waals surface area contributed by atoms with Gasteiger partial charge in [-0.25, -0.2) is 0 Å². The zero-order valence-corrected chi connectivity index (χ0v) is 16.5. The average Bonchev–Trinajstić information content (AvgIpc) is 2.64. The standard InChI is InChI=1S/3C4H6O6.Mo/c3*5-1(3(7)8)2(6)4(9)10;/h3*1-2,5-6H,(H,7,8)(H,9,10);/p-6. The van der Waals surface area contributed by atoms with E-state index in [1.54, 1.807) is 0 Å². The van der Waals surface area contributed by atoms with E-state index in [1.165, 1.54) is 0 Å². The summed E-state index contributed by atoms with van der Waals surface area (Å²) in [6, 6.07) is 0. The van der Waals surface area contributed by atoms with Crippen LogP contribution in [0.4, 0.5) is 0 Å². The molecule has 0 saturated heterocycles. The predicted molar refractivity (Wildman–Crippen MR) is 66.1 cm³/mol. The molecule has 31 heavy (non-hydrogen) atoms. The van der Waals surface area contributed by atoms with Gasteiger partial charge >= 0.3 is 0 Å². The van der Waals surface area contributed by atoms with E-state index < -0.39 is 72.4 Å². The van der Waals surface area contributed by atoms with Crippen LogP contribution in [-0.2, 0) is 49.8 Å². The van der Waals surface area contributed by atoms with Gasteiger partial charge in [0.05, 0.1) is 35.8 Å². The van der Waals surface area contributed by atoms with Crippen LogP contribution >= 0.6 is 0 Å². The van der Waals surface area contributed by atoms with Gasteiger partial charge in [-0.3, -0.25) is 0 Å². The first-order valence-corrected chi connectivity index (χ1v) is 6.73. The molecule has 6 atom stereocenters. The van der Waals surface area contributed by atoms with E-state index in [0.29, 0.717) is 0 Å². The number of aliphatic hydroxyl groups excluding tert-OH is 6. The quantitative estimate of drug-likeness (QED) is 0.148. The fraction of sp³-hybridized carbons (Fsp3) is 0.500. The minimum atomic E-state index is -2.44. The molecule has 0 amide bonds. The van der Waals surface area contributed by atoms with Gasteiger partial charge in [0.15, 0.2) is 0 Å². The molecule has 0 aromatic rings. The van der Waals surface area contributed by atoms with Crippen LogP contribution in [0.25, 0.3) is 0 Å². The molecular formula is C12H12MoO18-6. The number of carbonyl (C=O) groups is 6. The molecule has 0 saturated carbocycles. The number of hydrogen-bond acceptors (Lipinski definition) is 18. The molecule has 0 aromatic carbocycles. The molecule has 0 aliphatic carbocycles. The molecule has 0 radical (unpaired) electrons. The van der Waals surface area contributed by atoms with Gasteiger partial charge in [0, 0.05) is 21.1 Å². The van der Waals surface area contributed by atoms with Crippen LogP contribution in [0.3, 0.4) is 0 Å². The van der Waals surface area contributed by atoms with Crippen LogP contribution in [0.1, 0.15) is 0 Å². The van der Waals surface area contributed by atoms with E-state index in [9.17, 15) is 59.4 Å². The first-order valence-electron chi connectivity index (χ1n) is 6.73. The van der Waals surface area contributed by atoms with Crippen molar-refractivity contribution in [2.24, 2.45) is 0 Å². The van der Waals surface area contributed by atoms with Crippen LogP contribution in [0.15, 0.2) is 0 Å². The molecule has 0 aromatic heterocycles. The Hall–Kier alpha value is -2.73. The largest absolute Gasteiger partial charge is 0.547 e. The van der Waals surface area contributed by atoms with E-state index in [0.717, 1.165) is 0 Å². The van der Waals surface area contributed by atoms with E-state index in [4.69, 9.17) is 30.6 Å². The molecule has 180 valence electrons.